The number of aliphatic carboxylic acids is 1. The summed E-state index contributed by atoms with van der Waals surface area (Å²) in [6, 6.07) is 1.38. The van der Waals surface area contributed by atoms with Crippen molar-refractivity contribution in [2.75, 3.05) is 0 Å². The lowest BCUT2D eigenvalue weighted by atomic mass is 10.0. The van der Waals surface area contributed by atoms with Crippen LogP contribution in [0.2, 0.25) is 0 Å². The number of alkyl halides is 3. The molecule has 0 aliphatic rings. The largest absolute Gasteiger partial charge is 0.481 e. The van der Waals surface area contributed by atoms with Crippen LogP contribution in [-0.2, 0) is 16.5 Å². The van der Waals surface area contributed by atoms with Gasteiger partial charge in [-0.25, -0.2) is 13.8 Å². The molecule has 1 aromatic heterocycles. The van der Waals surface area contributed by atoms with Gasteiger partial charge in [-0.1, -0.05) is 15.9 Å². The first-order chi connectivity index (χ1) is 7.45. The Morgan fingerprint density at radius 3 is 2.69 bits per heavy atom. The van der Waals surface area contributed by atoms with Crippen LogP contribution in [0.5, 0.6) is 0 Å². The Morgan fingerprint density at radius 1 is 1.62 bits per heavy atom. The van der Waals surface area contributed by atoms with E-state index in [1.54, 1.807) is 0 Å². The zero-order chi connectivity index (χ0) is 12.3. The number of carboxylic acids is 1. The summed E-state index contributed by atoms with van der Waals surface area (Å²) in [5.41, 5.74) is 0.0363. The van der Waals surface area contributed by atoms with Crippen molar-refractivity contribution in [3.63, 3.8) is 0 Å². The normalized spacial score (nSPS) is 10.8. The molecule has 0 spiro atoms. The molecule has 7 heteroatoms. The van der Waals surface area contributed by atoms with E-state index in [4.69, 9.17) is 5.11 Å². The van der Waals surface area contributed by atoms with E-state index in [1.807, 2.05) is 22.6 Å². The minimum absolute atomic E-state index is 0.122. The molecule has 0 unspecified atom stereocenters. The number of carboxylic acid groups (broad SMARTS) is 1. The molecule has 0 amide bonds. The van der Waals surface area contributed by atoms with E-state index in [2.05, 4.69) is 20.9 Å². The van der Waals surface area contributed by atoms with Gasteiger partial charge in [0.15, 0.2) is 0 Å². The molecule has 0 saturated carbocycles. The lowest BCUT2D eigenvalue weighted by molar-refractivity contribution is -0.136. The fraction of sp³-hybridized carbons (Fsp3) is 0.333. The predicted molar refractivity (Wildman–Crippen MR) is 65.9 cm³/mol. The quantitative estimate of drug-likeness (QED) is 0.475. The molecule has 0 aromatic carbocycles. The van der Waals surface area contributed by atoms with Crippen LogP contribution in [0.25, 0.3) is 0 Å². The number of rotatable bonds is 4. The van der Waals surface area contributed by atoms with E-state index in [1.165, 1.54) is 6.07 Å². The van der Waals surface area contributed by atoms with Gasteiger partial charge in [-0.15, -0.1) is 0 Å². The first-order valence-electron chi connectivity index (χ1n) is 4.19. The Bertz CT molecular complexity index is 415. The molecule has 1 heterocycles. The van der Waals surface area contributed by atoms with Crippen LogP contribution >= 0.6 is 38.5 Å². The van der Waals surface area contributed by atoms with Gasteiger partial charge in [-0.05, 0) is 34.2 Å². The van der Waals surface area contributed by atoms with Crippen molar-refractivity contribution in [3.05, 3.63) is 26.6 Å². The Kier molecular flexibility index (Phi) is 5.03. The molecule has 1 aromatic rings. The van der Waals surface area contributed by atoms with Gasteiger partial charge in [0, 0.05) is 10.9 Å². The monoisotopic (exact) mass is 405 g/mol. The summed E-state index contributed by atoms with van der Waals surface area (Å²) >= 11 is 4.94. The summed E-state index contributed by atoms with van der Waals surface area (Å²) in [6.07, 6.45) is -3.13. The fourth-order valence-electron chi connectivity index (χ4n) is 1.31. The highest BCUT2D eigenvalue weighted by atomic mass is 127. The van der Waals surface area contributed by atoms with Crippen LogP contribution in [0.15, 0.2) is 6.07 Å². The summed E-state index contributed by atoms with van der Waals surface area (Å²) in [5.74, 6) is -1.13. The number of halogens is 4. The zero-order valence-electron chi connectivity index (χ0n) is 7.88. The van der Waals surface area contributed by atoms with Gasteiger partial charge in [0.25, 0.3) is 6.43 Å². The highest BCUT2D eigenvalue weighted by Gasteiger charge is 2.20. The molecule has 88 valence electrons. The Morgan fingerprint density at radius 2 is 2.25 bits per heavy atom. The van der Waals surface area contributed by atoms with Crippen LogP contribution in [0, 0.1) is 3.70 Å². The van der Waals surface area contributed by atoms with E-state index >= 15 is 0 Å². The second kappa shape index (κ2) is 5.85. The molecular weight excluding hydrogens is 399 g/mol. The van der Waals surface area contributed by atoms with Crippen LogP contribution < -0.4 is 0 Å². The van der Waals surface area contributed by atoms with Crippen molar-refractivity contribution in [2.24, 2.45) is 0 Å². The number of hydrogen-bond acceptors (Lipinski definition) is 2. The third-order valence-electron chi connectivity index (χ3n) is 1.88. The molecule has 1 N–H and O–H groups in total. The van der Waals surface area contributed by atoms with E-state index in [0.717, 1.165) is 0 Å². The molecule has 0 saturated heterocycles. The highest BCUT2D eigenvalue weighted by molar-refractivity contribution is 14.1. The minimum atomic E-state index is -2.72. The minimum Gasteiger partial charge on any atom is -0.481 e. The second-order valence-electron chi connectivity index (χ2n) is 2.97. The van der Waals surface area contributed by atoms with Crippen molar-refractivity contribution < 1.29 is 18.7 Å². The number of carbonyl (C=O) groups is 1. The van der Waals surface area contributed by atoms with Crippen LogP contribution in [-0.4, -0.2) is 16.1 Å². The second-order valence-corrected chi connectivity index (χ2v) is 4.64. The molecule has 0 atom stereocenters. The molecule has 0 bridgehead atoms. The Balaban J connectivity index is 3.32. The molecule has 3 nitrogen and oxygen atoms in total. The zero-order valence-corrected chi connectivity index (χ0v) is 11.6. The van der Waals surface area contributed by atoms with Crippen LogP contribution in [0.4, 0.5) is 8.78 Å². The maximum Gasteiger partial charge on any atom is 0.307 e. The average Bonchev–Trinajstić information content (AvgIpc) is 2.14. The van der Waals surface area contributed by atoms with Crippen molar-refractivity contribution in [1.82, 2.24) is 4.98 Å². The molecule has 0 fully saturated rings. The van der Waals surface area contributed by atoms with Crippen molar-refractivity contribution in [2.45, 2.75) is 18.2 Å². The summed E-state index contributed by atoms with van der Waals surface area (Å²) in [5, 5.41) is 8.82. The summed E-state index contributed by atoms with van der Waals surface area (Å²) in [6.45, 7) is 0. The highest BCUT2D eigenvalue weighted by Crippen LogP contribution is 2.28. The smallest absolute Gasteiger partial charge is 0.307 e. The maximum absolute atomic E-state index is 12.8. The van der Waals surface area contributed by atoms with Gasteiger partial charge >= 0.3 is 5.97 Å². The third kappa shape index (κ3) is 3.34. The molecule has 0 aliphatic carbocycles. The van der Waals surface area contributed by atoms with Crippen LogP contribution in [0.1, 0.15) is 23.2 Å². The molecular formula is C9H7BrF2INO2. The number of pyridine rings is 1. The van der Waals surface area contributed by atoms with E-state index in [0.29, 0.717) is 3.70 Å². The third-order valence-corrected chi connectivity index (χ3v) is 2.96. The standard InChI is InChI=1S/C9H7BrF2INO2/c10-3-5-8(9(11)12)4(2-7(15)16)1-6(13)14-5/h1,9H,2-3H2,(H,15,16). The van der Waals surface area contributed by atoms with Crippen molar-refractivity contribution in [1.29, 1.82) is 0 Å². The topological polar surface area (TPSA) is 50.2 Å². The molecule has 0 aliphatic heterocycles. The summed E-state index contributed by atoms with van der Waals surface area (Å²) in [7, 11) is 0. The fourth-order valence-corrected chi connectivity index (χ4v) is 2.40. The lowest BCUT2D eigenvalue weighted by Crippen LogP contribution is -2.09. The van der Waals surface area contributed by atoms with Crippen LogP contribution in [0.3, 0.4) is 0 Å². The number of hydrogen-bond donors (Lipinski definition) is 1. The maximum atomic E-state index is 12.8. The van der Waals surface area contributed by atoms with E-state index in [-0.39, 0.29) is 22.2 Å². The van der Waals surface area contributed by atoms with Gasteiger partial charge in [0.2, 0.25) is 0 Å². The first-order valence-corrected chi connectivity index (χ1v) is 6.39. The summed E-state index contributed by atoms with van der Waals surface area (Å²) in [4.78, 5) is 14.5. The van der Waals surface area contributed by atoms with Crippen molar-refractivity contribution >= 4 is 44.5 Å². The summed E-state index contributed by atoms with van der Waals surface area (Å²) < 4.78 is 26.1. The first kappa shape index (κ1) is 13.8. The van der Waals surface area contributed by atoms with Gasteiger partial charge in [-0.2, -0.15) is 0 Å². The van der Waals surface area contributed by atoms with Gasteiger partial charge in [-0.3, -0.25) is 4.79 Å². The predicted octanol–water partition coefficient (Wildman–Crippen LogP) is 3.15. The van der Waals surface area contributed by atoms with Gasteiger partial charge in [0.05, 0.1) is 12.1 Å². The van der Waals surface area contributed by atoms with E-state index < -0.39 is 18.8 Å². The number of nitrogens with zero attached hydrogens (tertiary/aromatic N) is 1. The SMILES string of the molecule is O=C(O)Cc1cc(I)nc(CBr)c1C(F)F. The Labute approximate surface area is 113 Å². The molecule has 0 radical (unpaired) electrons. The van der Waals surface area contributed by atoms with E-state index in [9.17, 15) is 13.6 Å². The van der Waals surface area contributed by atoms with Gasteiger partial charge in [0.1, 0.15) is 3.70 Å². The number of aromatic nitrogens is 1. The Hall–Kier alpha value is -0.310. The average molecular weight is 406 g/mol. The molecule has 1 rings (SSSR count). The van der Waals surface area contributed by atoms with Gasteiger partial charge < -0.3 is 5.11 Å². The lowest BCUT2D eigenvalue weighted by Gasteiger charge is -2.11. The van der Waals surface area contributed by atoms with Crippen molar-refractivity contribution in [3.8, 4) is 0 Å². The molecule has 16 heavy (non-hydrogen) atoms.